The summed E-state index contributed by atoms with van der Waals surface area (Å²) in [6, 6.07) is 6.10. The Kier molecular flexibility index (Phi) is 12.8. The molecular weight excluding hydrogens is 400 g/mol. The van der Waals surface area contributed by atoms with Gasteiger partial charge in [0.05, 0.1) is 0 Å². The van der Waals surface area contributed by atoms with Crippen LogP contribution in [0.25, 0.3) is 0 Å². The fraction of sp³-hybridized carbons (Fsp3) is 0.579. The molecule has 0 atom stereocenters. The smallest absolute Gasteiger partial charge is 0.376 e. The predicted octanol–water partition coefficient (Wildman–Crippen LogP) is 3.69. The third kappa shape index (κ3) is 10.9. The quantitative estimate of drug-likeness (QED) is 0.351. The summed E-state index contributed by atoms with van der Waals surface area (Å²) in [7, 11) is 0.0386. The van der Waals surface area contributed by atoms with Gasteiger partial charge in [0.1, 0.15) is 5.75 Å². The molecule has 0 aromatic heterocycles. The van der Waals surface area contributed by atoms with E-state index in [-0.39, 0.29) is 25.9 Å². The monoisotopic (exact) mass is 428 g/mol. The number of carbonyl (C=O) groups is 2. The van der Waals surface area contributed by atoms with Crippen molar-refractivity contribution < 1.29 is 23.5 Å². The molecule has 1 aromatic carbocycles. The Balaban J connectivity index is 2.79. The SMILES string of the molecule is CCOC(OCC)[Si]Oc1ccc(CCSC(C)=O)cc1CCSC(C)=O. The predicted molar refractivity (Wildman–Crippen MR) is 114 cm³/mol. The standard InChI is InChI=1S/C19H28O5S2Si/c1-5-22-19(23-6-2)27-24-18-8-7-16(9-11-25-14(3)20)13-17(18)10-12-26-15(4)21/h7-8,13,19H,5-6,9-12H2,1-4H3. The highest BCUT2D eigenvalue weighted by molar-refractivity contribution is 8.13. The Morgan fingerprint density at radius 3 is 2.15 bits per heavy atom. The summed E-state index contributed by atoms with van der Waals surface area (Å²) in [5, 5.41) is 0.244. The van der Waals surface area contributed by atoms with Gasteiger partial charge in [-0.2, -0.15) is 0 Å². The van der Waals surface area contributed by atoms with Crippen molar-refractivity contribution in [2.75, 3.05) is 24.7 Å². The van der Waals surface area contributed by atoms with E-state index in [4.69, 9.17) is 13.9 Å². The van der Waals surface area contributed by atoms with Crippen LogP contribution in [0, 0.1) is 0 Å². The van der Waals surface area contributed by atoms with Crippen LogP contribution < -0.4 is 4.43 Å². The van der Waals surface area contributed by atoms with Crippen LogP contribution in [0.15, 0.2) is 18.2 Å². The molecule has 27 heavy (non-hydrogen) atoms. The van der Waals surface area contributed by atoms with Gasteiger partial charge in [-0.15, -0.1) is 0 Å². The molecule has 0 heterocycles. The van der Waals surface area contributed by atoms with E-state index in [9.17, 15) is 9.59 Å². The fourth-order valence-corrected chi connectivity index (χ4v) is 4.36. The van der Waals surface area contributed by atoms with E-state index < -0.39 is 0 Å². The second kappa shape index (κ2) is 14.2. The maximum absolute atomic E-state index is 11.2. The van der Waals surface area contributed by atoms with E-state index in [1.807, 2.05) is 26.0 Å². The third-order valence-corrected chi connectivity index (χ3v) is 5.89. The Bertz CT molecular complexity index is 591. The minimum atomic E-state index is -0.369. The summed E-state index contributed by atoms with van der Waals surface area (Å²) in [5.41, 5.74) is 2.22. The number of thioether (sulfide) groups is 2. The van der Waals surface area contributed by atoms with Gasteiger partial charge in [0.2, 0.25) is 0 Å². The molecule has 0 aliphatic rings. The van der Waals surface area contributed by atoms with Gasteiger partial charge in [-0.05, 0) is 43.9 Å². The number of rotatable bonds is 13. The van der Waals surface area contributed by atoms with Crippen molar-refractivity contribution in [2.24, 2.45) is 0 Å². The molecule has 0 unspecified atom stereocenters. The van der Waals surface area contributed by atoms with Crippen LogP contribution in [-0.2, 0) is 31.9 Å². The molecule has 2 radical (unpaired) electrons. The van der Waals surface area contributed by atoms with Gasteiger partial charge in [0.15, 0.2) is 16.1 Å². The highest BCUT2D eigenvalue weighted by Gasteiger charge is 2.15. The lowest BCUT2D eigenvalue weighted by molar-refractivity contribution is -0.109. The second-order valence-corrected chi connectivity index (χ2v) is 9.04. The van der Waals surface area contributed by atoms with Crippen LogP contribution in [0.1, 0.15) is 38.8 Å². The zero-order chi connectivity index (χ0) is 20.1. The normalized spacial score (nSPS) is 11.0. The van der Waals surface area contributed by atoms with Crippen LogP contribution in [0.4, 0.5) is 0 Å². The van der Waals surface area contributed by atoms with Gasteiger partial charge in [-0.1, -0.05) is 35.7 Å². The summed E-state index contributed by atoms with van der Waals surface area (Å²) in [6.45, 7) is 8.14. The van der Waals surface area contributed by atoms with Crippen LogP contribution in [0.2, 0.25) is 0 Å². The van der Waals surface area contributed by atoms with Gasteiger partial charge in [-0.25, -0.2) is 0 Å². The molecule has 8 heteroatoms. The molecule has 5 nitrogen and oxygen atoms in total. The molecule has 1 aromatic rings. The first kappa shape index (κ1) is 24.2. The van der Waals surface area contributed by atoms with Gasteiger partial charge in [-0.3, -0.25) is 9.59 Å². The Morgan fingerprint density at radius 1 is 1.00 bits per heavy atom. The van der Waals surface area contributed by atoms with Crippen molar-refractivity contribution in [1.82, 2.24) is 0 Å². The first-order valence-corrected chi connectivity index (χ1v) is 12.0. The molecular formula is C19H28O5S2Si. The number of ether oxygens (including phenoxy) is 2. The molecule has 150 valence electrons. The van der Waals surface area contributed by atoms with E-state index in [1.165, 1.54) is 23.5 Å². The molecule has 0 saturated carbocycles. The lowest BCUT2D eigenvalue weighted by Crippen LogP contribution is -2.29. The molecule has 0 amide bonds. The average Bonchev–Trinajstić information content (AvgIpc) is 2.60. The minimum Gasteiger partial charge on any atom is -0.535 e. The summed E-state index contributed by atoms with van der Waals surface area (Å²) < 4.78 is 17.1. The summed E-state index contributed by atoms with van der Waals surface area (Å²) in [6.07, 6.45) is 1.56. The van der Waals surface area contributed by atoms with E-state index in [1.54, 1.807) is 13.8 Å². The molecule has 0 N–H and O–H groups in total. The zero-order valence-corrected chi connectivity index (χ0v) is 19.0. The molecule has 1 rings (SSSR count). The summed E-state index contributed by atoms with van der Waals surface area (Å²) in [4.78, 5) is 22.3. The average molecular weight is 429 g/mol. The van der Waals surface area contributed by atoms with Crippen molar-refractivity contribution in [2.45, 2.75) is 46.4 Å². The number of hydrogen-bond acceptors (Lipinski definition) is 7. The maximum Gasteiger partial charge on any atom is 0.376 e. The highest BCUT2D eigenvalue weighted by Crippen LogP contribution is 2.23. The number of hydrogen-bond donors (Lipinski definition) is 0. The second-order valence-electron chi connectivity index (χ2n) is 5.58. The van der Waals surface area contributed by atoms with E-state index >= 15 is 0 Å². The fourth-order valence-electron chi connectivity index (χ4n) is 2.23. The van der Waals surface area contributed by atoms with Crippen molar-refractivity contribution in [1.29, 1.82) is 0 Å². The van der Waals surface area contributed by atoms with Crippen LogP contribution in [0.3, 0.4) is 0 Å². The number of aryl methyl sites for hydroxylation is 2. The lowest BCUT2D eigenvalue weighted by Gasteiger charge is -2.18. The number of carbonyl (C=O) groups excluding carboxylic acids is 2. The first-order valence-electron chi connectivity index (χ1n) is 9.00. The van der Waals surface area contributed by atoms with E-state index in [2.05, 4.69) is 6.07 Å². The summed E-state index contributed by atoms with van der Waals surface area (Å²) >= 11 is 2.65. The van der Waals surface area contributed by atoms with Crippen molar-refractivity contribution in [3.8, 4) is 5.75 Å². The third-order valence-electron chi connectivity index (χ3n) is 3.40. The molecule has 0 aliphatic carbocycles. The van der Waals surface area contributed by atoms with Crippen molar-refractivity contribution in [3.05, 3.63) is 29.3 Å². The molecule has 0 saturated heterocycles. The van der Waals surface area contributed by atoms with Gasteiger partial charge < -0.3 is 13.9 Å². The van der Waals surface area contributed by atoms with Crippen molar-refractivity contribution in [3.63, 3.8) is 0 Å². The highest BCUT2D eigenvalue weighted by atomic mass is 32.2. The summed E-state index contributed by atoms with van der Waals surface area (Å²) in [5.74, 6) is 1.90. The number of benzene rings is 1. The Hall–Kier alpha value is -0.803. The first-order chi connectivity index (χ1) is 13.0. The topological polar surface area (TPSA) is 61.8 Å². The van der Waals surface area contributed by atoms with Crippen LogP contribution >= 0.6 is 23.5 Å². The maximum atomic E-state index is 11.2. The molecule has 0 bridgehead atoms. The van der Waals surface area contributed by atoms with Crippen LogP contribution in [-0.4, -0.2) is 50.6 Å². The van der Waals surface area contributed by atoms with Crippen molar-refractivity contribution >= 4 is 43.5 Å². The Morgan fingerprint density at radius 2 is 1.59 bits per heavy atom. The van der Waals surface area contributed by atoms with Crippen LogP contribution in [0.5, 0.6) is 5.75 Å². The van der Waals surface area contributed by atoms with Gasteiger partial charge >= 0.3 is 9.76 Å². The van der Waals surface area contributed by atoms with Gasteiger partial charge in [0.25, 0.3) is 0 Å². The minimum absolute atomic E-state index is 0.0386. The van der Waals surface area contributed by atoms with Gasteiger partial charge in [0, 0.05) is 38.6 Å². The van der Waals surface area contributed by atoms with E-state index in [0.29, 0.717) is 19.0 Å². The lowest BCUT2D eigenvalue weighted by atomic mass is 10.1. The molecule has 0 spiro atoms. The zero-order valence-electron chi connectivity index (χ0n) is 16.4. The van der Waals surface area contributed by atoms with E-state index in [0.717, 1.165) is 35.5 Å². The Labute approximate surface area is 173 Å². The molecule has 0 fully saturated rings. The molecule has 0 aliphatic heterocycles. The largest absolute Gasteiger partial charge is 0.535 e.